The number of hydrogen-bond acceptors (Lipinski definition) is 5. The van der Waals surface area contributed by atoms with E-state index in [0.29, 0.717) is 22.6 Å². The van der Waals surface area contributed by atoms with Gasteiger partial charge in [-0.2, -0.15) is 0 Å². The molecule has 6 nitrogen and oxygen atoms in total. The minimum Gasteiger partial charge on any atom is -0.496 e. The van der Waals surface area contributed by atoms with Crippen LogP contribution in [0.3, 0.4) is 0 Å². The van der Waals surface area contributed by atoms with Crippen LogP contribution < -0.4 is 15.2 Å². The molecule has 0 bridgehead atoms. The van der Waals surface area contributed by atoms with Gasteiger partial charge in [0.1, 0.15) is 5.75 Å². The Kier molecular flexibility index (Phi) is 5.76. The number of nitrogens with two attached hydrogens (primary N) is 1. The molecule has 0 heterocycles. The molecule has 2 aromatic rings. The van der Waals surface area contributed by atoms with Gasteiger partial charge in [0.15, 0.2) is 0 Å². The van der Waals surface area contributed by atoms with Crippen LogP contribution in [0.4, 0.5) is 5.69 Å². The quantitative estimate of drug-likeness (QED) is 0.777. The van der Waals surface area contributed by atoms with Crippen molar-refractivity contribution in [2.24, 2.45) is 5.14 Å². The first-order valence-corrected chi connectivity index (χ1v) is 10.1. The number of anilines is 1. The fraction of sp³-hybridized carbons (Fsp3) is 0.235. The zero-order chi connectivity index (χ0) is 18.8. The molecule has 0 saturated heterocycles. The molecule has 0 fully saturated rings. The van der Waals surface area contributed by atoms with Gasteiger partial charge in [0.2, 0.25) is 10.0 Å². The second-order valence-corrected chi connectivity index (χ2v) is 7.92. The first-order valence-electron chi connectivity index (χ1n) is 7.34. The molecule has 2 rings (SSSR count). The average Bonchev–Trinajstić information content (AvgIpc) is 2.56. The normalized spacial score (nSPS) is 11.2. The van der Waals surface area contributed by atoms with E-state index in [-0.39, 0.29) is 4.90 Å². The van der Waals surface area contributed by atoms with Crippen LogP contribution in [-0.2, 0) is 10.0 Å². The summed E-state index contributed by atoms with van der Waals surface area (Å²) in [4.78, 5) is 13.6. The van der Waals surface area contributed by atoms with Gasteiger partial charge >= 0.3 is 0 Å². The number of benzene rings is 2. The van der Waals surface area contributed by atoms with Crippen LogP contribution in [0.25, 0.3) is 0 Å². The van der Waals surface area contributed by atoms with E-state index < -0.39 is 15.9 Å². The number of ether oxygens (including phenoxy) is 1. The summed E-state index contributed by atoms with van der Waals surface area (Å²) in [7, 11) is -2.37. The van der Waals surface area contributed by atoms with E-state index in [4.69, 9.17) is 9.88 Å². The van der Waals surface area contributed by atoms with E-state index in [1.54, 1.807) is 26.0 Å². The van der Waals surface area contributed by atoms with Crippen LogP contribution in [0.5, 0.6) is 5.75 Å². The fourth-order valence-electron chi connectivity index (χ4n) is 2.30. The number of sulfonamides is 1. The monoisotopic (exact) mass is 380 g/mol. The SMILES string of the molecule is COc1cc(SC)ccc1C(=O)Nc1cc(S(N)(=O)=O)cc(C)c1C. The van der Waals surface area contributed by atoms with Crippen LogP contribution in [0.2, 0.25) is 0 Å². The van der Waals surface area contributed by atoms with Crippen molar-refractivity contribution in [3.63, 3.8) is 0 Å². The Bertz CT molecular complexity index is 924. The maximum Gasteiger partial charge on any atom is 0.259 e. The Hall–Kier alpha value is -2.03. The fourth-order valence-corrected chi connectivity index (χ4v) is 3.35. The van der Waals surface area contributed by atoms with E-state index in [9.17, 15) is 13.2 Å². The Morgan fingerprint density at radius 3 is 2.44 bits per heavy atom. The Labute approximate surface area is 151 Å². The Balaban J connectivity index is 2.43. The molecule has 0 radical (unpaired) electrons. The summed E-state index contributed by atoms with van der Waals surface area (Å²) in [5.41, 5.74) is 2.23. The summed E-state index contributed by atoms with van der Waals surface area (Å²) in [5, 5.41) is 7.95. The minimum absolute atomic E-state index is 0.0457. The number of carbonyl (C=O) groups is 1. The summed E-state index contributed by atoms with van der Waals surface area (Å²) < 4.78 is 28.5. The maximum absolute atomic E-state index is 12.6. The lowest BCUT2D eigenvalue weighted by atomic mass is 10.1. The number of hydrogen-bond donors (Lipinski definition) is 2. The van der Waals surface area contributed by atoms with E-state index >= 15 is 0 Å². The molecular weight excluding hydrogens is 360 g/mol. The van der Waals surface area contributed by atoms with Gasteiger partial charge in [0.05, 0.1) is 17.6 Å². The zero-order valence-electron chi connectivity index (χ0n) is 14.4. The van der Waals surface area contributed by atoms with Crippen molar-refractivity contribution in [1.82, 2.24) is 0 Å². The highest BCUT2D eigenvalue weighted by molar-refractivity contribution is 7.98. The molecule has 0 spiro atoms. The maximum atomic E-state index is 12.6. The number of aryl methyl sites for hydroxylation is 1. The number of methoxy groups -OCH3 is 1. The average molecular weight is 380 g/mol. The predicted octanol–water partition coefficient (Wildman–Crippen LogP) is 2.93. The molecule has 134 valence electrons. The van der Waals surface area contributed by atoms with Crippen LogP contribution in [0.1, 0.15) is 21.5 Å². The van der Waals surface area contributed by atoms with Crippen molar-refractivity contribution < 1.29 is 17.9 Å². The summed E-state index contributed by atoms with van der Waals surface area (Å²) in [6.07, 6.45) is 1.93. The molecule has 1 amide bonds. The first-order chi connectivity index (χ1) is 11.7. The van der Waals surface area contributed by atoms with Gasteiger partial charge < -0.3 is 10.1 Å². The van der Waals surface area contributed by atoms with Crippen molar-refractivity contribution in [1.29, 1.82) is 0 Å². The van der Waals surface area contributed by atoms with Gasteiger partial charge in [-0.1, -0.05) is 0 Å². The van der Waals surface area contributed by atoms with E-state index in [1.165, 1.54) is 31.0 Å². The Morgan fingerprint density at radius 2 is 1.88 bits per heavy atom. The van der Waals surface area contributed by atoms with Crippen molar-refractivity contribution >= 4 is 33.4 Å². The first kappa shape index (κ1) is 19.3. The lowest BCUT2D eigenvalue weighted by molar-refractivity contribution is 0.102. The van der Waals surface area contributed by atoms with Gasteiger partial charge in [0.25, 0.3) is 5.91 Å². The number of primary sulfonamides is 1. The minimum atomic E-state index is -3.87. The standard InChI is InChI=1S/C17H20N2O4S2/c1-10-7-13(25(18,21)22)9-15(11(10)2)19-17(20)14-6-5-12(24-4)8-16(14)23-3/h5-9H,1-4H3,(H,19,20)(H2,18,21,22). The largest absolute Gasteiger partial charge is 0.496 e. The summed E-state index contributed by atoms with van der Waals surface area (Å²) in [6, 6.07) is 8.11. The molecule has 0 aliphatic heterocycles. The van der Waals surface area contributed by atoms with E-state index in [0.717, 1.165) is 10.5 Å². The second kappa shape index (κ2) is 7.47. The summed E-state index contributed by atoms with van der Waals surface area (Å²) >= 11 is 1.54. The van der Waals surface area contributed by atoms with Gasteiger partial charge in [-0.05, 0) is 61.6 Å². The molecule has 8 heteroatoms. The van der Waals surface area contributed by atoms with Gasteiger partial charge in [-0.15, -0.1) is 11.8 Å². The molecule has 25 heavy (non-hydrogen) atoms. The van der Waals surface area contributed by atoms with Crippen LogP contribution in [0.15, 0.2) is 40.1 Å². The molecule has 2 aromatic carbocycles. The van der Waals surface area contributed by atoms with Crippen LogP contribution in [0, 0.1) is 13.8 Å². The Morgan fingerprint density at radius 1 is 1.20 bits per heavy atom. The highest BCUT2D eigenvalue weighted by Gasteiger charge is 2.17. The van der Waals surface area contributed by atoms with Gasteiger partial charge in [0, 0.05) is 10.6 Å². The third-order valence-electron chi connectivity index (χ3n) is 3.87. The number of carbonyl (C=O) groups excluding carboxylic acids is 1. The number of rotatable bonds is 5. The van der Waals surface area contributed by atoms with Crippen molar-refractivity contribution in [3.05, 3.63) is 47.0 Å². The van der Waals surface area contributed by atoms with E-state index in [2.05, 4.69) is 5.32 Å². The number of amides is 1. The molecule has 3 N–H and O–H groups in total. The summed E-state index contributed by atoms with van der Waals surface area (Å²) in [6.45, 7) is 3.55. The smallest absolute Gasteiger partial charge is 0.259 e. The van der Waals surface area contributed by atoms with Crippen molar-refractivity contribution in [2.75, 3.05) is 18.7 Å². The summed E-state index contributed by atoms with van der Waals surface area (Å²) in [5.74, 6) is 0.0555. The van der Waals surface area contributed by atoms with Crippen LogP contribution in [-0.4, -0.2) is 27.7 Å². The van der Waals surface area contributed by atoms with Crippen LogP contribution >= 0.6 is 11.8 Å². The molecular formula is C17H20N2O4S2. The highest BCUT2D eigenvalue weighted by atomic mass is 32.2. The van der Waals surface area contributed by atoms with Gasteiger partial charge in [-0.3, -0.25) is 4.79 Å². The zero-order valence-corrected chi connectivity index (χ0v) is 16.0. The molecule has 0 atom stereocenters. The lowest BCUT2D eigenvalue weighted by Crippen LogP contribution is -2.17. The molecule has 0 aliphatic rings. The third-order valence-corrected chi connectivity index (χ3v) is 5.49. The molecule has 0 unspecified atom stereocenters. The lowest BCUT2D eigenvalue weighted by Gasteiger charge is -2.14. The highest BCUT2D eigenvalue weighted by Crippen LogP contribution is 2.28. The molecule has 0 aliphatic carbocycles. The van der Waals surface area contributed by atoms with Crippen molar-refractivity contribution in [2.45, 2.75) is 23.6 Å². The van der Waals surface area contributed by atoms with Crippen molar-refractivity contribution in [3.8, 4) is 5.75 Å². The predicted molar refractivity (Wildman–Crippen MR) is 100 cm³/mol. The topological polar surface area (TPSA) is 98.5 Å². The number of nitrogens with one attached hydrogen (secondary N) is 1. The third kappa shape index (κ3) is 4.33. The molecule has 0 saturated carbocycles. The van der Waals surface area contributed by atoms with Gasteiger partial charge in [-0.25, -0.2) is 13.6 Å². The van der Waals surface area contributed by atoms with E-state index in [1.807, 2.05) is 12.3 Å². The molecule has 0 aromatic heterocycles. The second-order valence-electron chi connectivity index (χ2n) is 5.48. The number of thioether (sulfide) groups is 1.